The van der Waals surface area contributed by atoms with E-state index >= 15 is 0 Å². The Morgan fingerprint density at radius 3 is 1.15 bits per heavy atom. The van der Waals surface area contributed by atoms with Crippen LogP contribution < -0.4 is 5.32 Å². The normalized spacial score (nSPS) is 29.6. The molecule has 1 amide bonds. The molecule has 0 radical (unpaired) electrons. The van der Waals surface area contributed by atoms with E-state index in [0.29, 0.717) is 6.42 Å². The summed E-state index contributed by atoms with van der Waals surface area (Å²) in [6.07, 6.45) is 22.7. The quantitative estimate of drug-likeness (QED) is 0.0210. The standard InChI is InChI=1S/C63H119NO18/c1-3-5-7-9-11-12-13-14-15-16-17-18-19-20-21-22-23-24-25-26-27-28-29-30-31-32-33-35-37-39-41-51(69)64-46(47(68)40-38-36-34-10-8-6-4-2)45-77-61-57(75)54(72)59(49(43-66)79-61)82-63-58(76)55(73)60(50(44-67)80-63)81-62-56(74)53(71)52(70)48(42-65)78-62/h38,40,46-50,52-63,65-68,70-76H,3-37,39,41-45H2,1-2H3,(H,64,69)/b40-38+. The van der Waals surface area contributed by atoms with Gasteiger partial charge in [0.05, 0.1) is 38.6 Å². The minimum atomic E-state index is -1.97. The molecule has 0 aromatic carbocycles. The molecule has 0 aromatic heterocycles. The van der Waals surface area contributed by atoms with E-state index in [1.807, 2.05) is 6.08 Å². The summed E-state index contributed by atoms with van der Waals surface area (Å²) in [4.78, 5) is 13.3. The molecular formula is C63H119NO18. The number of nitrogens with one attached hydrogen (secondary N) is 1. The van der Waals surface area contributed by atoms with Crippen molar-refractivity contribution in [3.05, 3.63) is 12.2 Å². The second-order valence-electron chi connectivity index (χ2n) is 23.9. The van der Waals surface area contributed by atoms with Crippen LogP contribution in [0.2, 0.25) is 0 Å². The maximum atomic E-state index is 13.3. The van der Waals surface area contributed by atoms with Gasteiger partial charge in [0.1, 0.15) is 73.2 Å². The number of aliphatic hydroxyl groups excluding tert-OH is 11. The number of carbonyl (C=O) groups is 1. The zero-order valence-corrected chi connectivity index (χ0v) is 50.7. The Morgan fingerprint density at radius 2 is 0.756 bits per heavy atom. The number of ether oxygens (including phenoxy) is 6. The Hall–Kier alpha value is -1.47. The molecule has 3 aliphatic rings. The molecule has 19 nitrogen and oxygen atoms in total. The molecule has 17 unspecified atom stereocenters. The van der Waals surface area contributed by atoms with Gasteiger partial charge in [0.25, 0.3) is 0 Å². The lowest BCUT2D eigenvalue weighted by Crippen LogP contribution is -2.66. The lowest BCUT2D eigenvalue weighted by Gasteiger charge is -2.48. The summed E-state index contributed by atoms with van der Waals surface area (Å²) in [5, 5.41) is 120. The first-order valence-electron chi connectivity index (χ1n) is 32.9. The number of hydrogen-bond donors (Lipinski definition) is 12. The minimum Gasteiger partial charge on any atom is -0.394 e. The van der Waals surface area contributed by atoms with Crippen molar-refractivity contribution in [2.75, 3.05) is 26.4 Å². The number of carbonyl (C=O) groups excluding carboxylic acids is 1. The summed E-state index contributed by atoms with van der Waals surface area (Å²) in [5.41, 5.74) is 0. The zero-order chi connectivity index (χ0) is 59.7. The van der Waals surface area contributed by atoms with Crippen molar-refractivity contribution in [3.63, 3.8) is 0 Å². The maximum absolute atomic E-state index is 13.3. The Balaban J connectivity index is 1.32. The van der Waals surface area contributed by atoms with Crippen molar-refractivity contribution in [3.8, 4) is 0 Å². The van der Waals surface area contributed by atoms with E-state index in [1.54, 1.807) is 6.08 Å². The highest BCUT2D eigenvalue weighted by molar-refractivity contribution is 5.76. The van der Waals surface area contributed by atoms with Crippen LogP contribution in [0.4, 0.5) is 0 Å². The predicted octanol–water partition coefficient (Wildman–Crippen LogP) is 7.33. The summed E-state index contributed by atoms with van der Waals surface area (Å²) < 4.78 is 34.2. The van der Waals surface area contributed by atoms with Crippen molar-refractivity contribution >= 4 is 5.91 Å². The van der Waals surface area contributed by atoms with E-state index in [1.165, 1.54) is 167 Å². The molecule has 0 bridgehead atoms. The average molecular weight is 1180 g/mol. The molecule has 0 aliphatic carbocycles. The van der Waals surface area contributed by atoms with Crippen LogP contribution in [0.1, 0.15) is 251 Å². The molecule has 3 aliphatic heterocycles. The third-order valence-electron chi connectivity index (χ3n) is 16.8. The monoisotopic (exact) mass is 1180 g/mol. The lowest BCUT2D eigenvalue weighted by atomic mass is 9.96. The molecule has 3 fully saturated rings. The van der Waals surface area contributed by atoms with Gasteiger partial charge in [0.2, 0.25) is 5.91 Å². The summed E-state index contributed by atoms with van der Waals surface area (Å²) in [5.74, 6) is -0.275. The average Bonchev–Trinajstić information content (AvgIpc) is 3.57. The fraction of sp³-hybridized carbons (Fsp3) is 0.952. The number of rotatable bonds is 50. The van der Waals surface area contributed by atoms with Crippen LogP contribution in [0.25, 0.3) is 0 Å². The minimum absolute atomic E-state index is 0.248. The topological polar surface area (TPSA) is 307 Å². The van der Waals surface area contributed by atoms with Gasteiger partial charge in [-0.1, -0.05) is 238 Å². The molecule has 3 rings (SSSR count). The van der Waals surface area contributed by atoms with Crippen molar-refractivity contribution in [1.29, 1.82) is 0 Å². The molecule has 12 N–H and O–H groups in total. The van der Waals surface area contributed by atoms with Crippen molar-refractivity contribution in [2.45, 2.75) is 356 Å². The second kappa shape index (κ2) is 46.7. The number of hydrogen-bond acceptors (Lipinski definition) is 18. The van der Waals surface area contributed by atoms with Crippen LogP contribution in [0.5, 0.6) is 0 Å². The van der Waals surface area contributed by atoms with Gasteiger partial charge in [-0.2, -0.15) is 0 Å². The Labute approximate surface area is 493 Å². The molecule has 0 saturated carbocycles. The first-order valence-corrected chi connectivity index (χ1v) is 32.9. The smallest absolute Gasteiger partial charge is 0.220 e. The molecule has 484 valence electrons. The largest absolute Gasteiger partial charge is 0.394 e. The summed E-state index contributed by atoms with van der Waals surface area (Å²) in [6, 6.07) is -0.965. The number of allylic oxidation sites excluding steroid dienone is 1. The van der Waals surface area contributed by atoms with Crippen LogP contribution in [-0.4, -0.2) is 193 Å². The van der Waals surface area contributed by atoms with Gasteiger partial charge in [-0.15, -0.1) is 0 Å². The van der Waals surface area contributed by atoms with E-state index in [-0.39, 0.29) is 18.9 Å². The summed E-state index contributed by atoms with van der Waals surface area (Å²) in [6.45, 7) is 1.67. The Bertz CT molecular complexity index is 1550. The summed E-state index contributed by atoms with van der Waals surface area (Å²) >= 11 is 0. The maximum Gasteiger partial charge on any atom is 0.220 e. The highest BCUT2D eigenvalue weighted by Crippen LogP contribution is 2.33. The van der Waals surface area contributed by atoms with Crippen LogP contribution in [0.15, 0.2) is 12.2 Å². The number of aliphatic hydroxyl groups is 11. The van der Waals surface area contributed by atoms with Gasteiger partial charge in [-0.25, -0.2) is 0 Å². The van der Waals surface area contributed by atoms with Crippen LogP contribution in [-0.2, 0) is 33.2 Å². The van der Waals surface area contributed by atoms with E-state index in [4.69, 9.17) is 28.4 Å². The summed E-state index contributed by atoms with van der Waals surface area (Å²) in [7, 11) is 0. The van der Waals surface area contributed by atoms with E-state index in [2.05, 4.69) is 19.2 Å². The molecule has 17 atom stereocenters. The van der Waals surface area contributed by atoms with E-state index < -0.39 is 124 Å². The van der Waals surface area contributed by atoms with Crippen LogP contribution in [0.3, 0.4) is 0 Å². The molecule has 3 heterocycles. The number of unbranched alkanes of at least 4 members (excludes halogenated alkanes) is 34. The van der Waals surface area contributed by atoms with Crippen molar-refractivity contribution in [1.82, 2.24) is 5.32 Å². The molecule has 0 spiro atoms. The Kier molecular flexibility index (Phi) is 42.5. The SMILES string of the molecule is CCCCCCC/C=C/C(O)C(COC1OC(CO)C(OC2OC(CO)C(OC3OC(CO)C(O)C(O)C3O)C(O)C2O)C(O)C1O)NC(=O)CCCCCCCCCCCCCCCCCCCCCCCCCCCCCCCC. The van der Waals surface area contributed by atoms with E-state index in [0.717, 1.165) is 57.8 Å². The lowest BCUT2D eigenvalue weighted by molar-refractivity contribution is -0.379. The van der Waals surface area contributed by atoms with Gasteiger partial charge in [0, 0.05) is 6.42 Å². The van der Waals surface area contributed by atoms with Crippen molar-refractivity contribution < 1.29 is 89.4 Å². The fourth-order valence-corrected chi connectivity index (χ4v) is 11.4. The fourth-order valence-electron chi connectivity index (χ4n) is 11.4. The third kappa shape index (κ3) is 29.5. The van der Waals surface area contributed by atoms with Gasteiger partial charge < -0.3 is 89.9 Å². The molecule has 19 heteroatoms. The second-order valence-corrected chi connectivity index (χ2v) is 23.9. The molecular weight excluding hydrogens is 1060 g/mol. The van der Waals surface area contributed by atoms with Gasteiger partial charge in [-0.05, 0) is 19.3 Å². The zero-order valence-electron chi connectivity index (χ0n) is 50.7. The Morgan fingerprint density at radius 1 is 0.427 bits per heavy atom. The van der Waals surface area contributed by atoms with Gasteiger partial charge in [-0.3, -0.25) is 4.79 Å². The van der Waals surface area contributed by atoms with Gasteiger partial charge in [0.15, 0.2) is 18.9 Å². The highest BCUT2D eigenvalue weighted by atomic mass is 16.8. The molecule has 82 heavy (non-hydrogen) atoms. The van der Waals surface area contributed by atoms with E-state index in [9.17, 15) is 61.0 Å². The van der Waals surface area contributed by atoms with Crippen LogP contribution in [0, 0.1) is 0 Å². The van der Waals surface area contributed by atoms with Gasteiger partial charge >= 0.3 is 0 Å². The molecule has 3 saturated heterocycles. The molecule has 0 aromatic rings. The highest BCUT2D eigenvalue weighted by Gasteiger charge is 2.53. The number of amides is 1. The van der Waals surface area contributed by atoms with Crippen LogP contribution >= 0.6 is 0 Å². The predicted molar refractivity (Wildman–Crippen MR) is 314 cm³/mol. The first-order chi connectivity index (χ1) is 39.8. The third-order valence-corrected chi connectivity index (χ3v) is 16.8. The van der Waals surface area contributed by atoms with Crippen molar-refractivity contribution in [2.24, 2.45) is 0 Å². The first kappa shape index (κ1) is 74.8.